The quantitative estimate of drug-likeness (QED) is 0.727. The molecular weight excluding hydrogens is 382 g/mol. The fourth-order valence-corrected chi connectivity index (χ4v) is 6.02. The molecule has 0 radical (unpaired) electrons. The summed E-state index contributed by atoms with van der Waals surface area (Å²) in [6.45, 7) is 0.643. The summed E-state index contributed by atoms with van der Waals surface area (Å²) in [5.41, 5.74) is 1.38. The summed E-state index contributed by atoms with van der Waals surface area (Å²) in [6.07, 6.45) is 3.02. The second-order valence-electron chi connectivity index (χ2n) is 6.50. The molecule has 1 N–H and O–H groups in total. The van der Waals surface area contributed by atoms with Crippen LogP contribution in [0.4, 0.5) is 5.69 Å². The number of carbonyl (C=O) groups is 1. The number of hydrogen-bond donors (Lipinski definition) is 1. The molecule has 1 saturated heterocycles. The molecule has 6 nitrogen and oxygen atoms in total. The molecule has 2 aromatic heterocycles. The van der Waals surface area contributed by atoms with Crippen LogP contribution in [0.5, 0.6) is 0 Å². The Bertz CT molecular complexity index is 1060. The van der Waals surface area contributed by atoms with Crippen molar-refractivity contribution in [3.05, 3.63) is 54.0 Å². The average molecular weight is 402 g/mol. The van der Waals surface area contributed by atoms with Crippen molar-refractivity contribution in [1.29, 1.82) is 0 Å². The number of aromatic nitrogens is 1. The van der Waals surface area contributed by atoms with Crippen LogP contribution in [0, 0.1) is 5.92 Å². The first-order chi connectivity index (χ1) is 13.1. The van der Waals surface area contributed by atoms with Gasteiger partial charge in [-0.25, -0.2) is 8.42 Å². The van der Waals surface area contributed by atoms with Gasteiger partial charge in [0.1, 0.15) is 4.21 Å². The molecule has 3 aromatic rings. The predicted octanol–water partition coefficient (Wildman–Crippen LogP) is 3.34. The lowest BCUT2D eigenvalue weighted by Gasteiger charge is -2.30. The Morgan fingerprint density at radius 2 is 2.04 bits per heavy atom. The highest BCUT2D eigenvalue weighted by Crippen LogP contribution is 2.28. The zero-order valence-corrected chi connectivity index (χ0v) is 16.2. The summed E-state index contributed by atoms with van der Waals surface area (Å²) >= 11 is 1.20. The highest BCUT2D eigenvalue weighted by Gasteiger charge is 2.33. The highest BCUT2D eigenvalue weighted by molar-refractivity contribution is 7.91. The molecule has 1 aromatic carbocycles. The van der Waals surface area contributed by atoms with Crippen LogP contribution in [-0.4, -0.2) is 36.7 Å². The van der Waals surface area contributed by atoms with Crippen molar-refractivity contribution in [2.75, 3.05) is 18.4 Å². The fraction of sp³-hybridized carbons (Fsp3) is 0.263. The van der Waals surface area contributed by atoms with Gasteiger partial charge in [0.15, 0.2) is 0 Å². The molecule has 1 atom stereocenters. The van der Waals surface area contributed by atoms with Gasteiger partial charge in [-0.15, -0.1) is 11.3 Å². The van der Waals surface area contributed by atoms with Gasteiger partial charge in [-0.05, 0) is 36.4 Å². The number of nitrogens with zero attached hydrogens (tertiary/aromatic N) is 2. The number of pyridine rings is 1. The van der Waals surface area contributed by atoms with Crippen molar-refractivity contribution in [2.24, 2.45) is 5.92 Å². The van der Waals surface area contributed by atoms with Crippen LogP contribution in [0.15, 0.2) is 58.3 Å². The van der Waals surface area contributed by atoms with Gasteiger partial charge in [0, 0.05) is 24.7 Å². The molecule has 1 unspecified atom stereocenters. The first-order valence-electron chi connectivity index (χ1n) is 8.74. The molecule has 4 rings (SSSR count). The molecule has 1 amide bonds. The van der Waals surface area contributed by atoms with Crippen LogP contribution in [0.25, 0.3) is 10.9 Å². The molecule has 0 spiro atoms. The lowest BCUT2D eigenvalue weighted by atomic mass is 9.98. The number of piperidine rings is 1. The third-order valence-corrected chi connectivity index (χ3v) is 7.97. The summed E-state index contributed by atoms with van der Waals surface area (Å²) in [5.74, 6) is -0.549. The summed E-state index contributed by atoms with van der Waals surface area (Å²) in [5, 5.41) is 5.63. The van der Waals surface area contributed by atoms with Gasteiger partial charge in [0.25, 0.3) is 10.0 Å². The average Bonchev–Trinajstić information content (AvgIpc) is 3.24. The Kier molecular flexibility index (Phi) is 4.94. The highest BCUT2D eigenvalue weighted by atomic mass is 32.2. The molecule has 1 fully saturated rings. The van der Waals surface area contributed by atoms with Crippen molar-refractivity contribution in [3.8, 4) is 0 Å². The van der Waals surface area contributed by atoms with Crippen molar-refractivity contribution >= 4 is 43.9 Å². The zero-order chi connectivity index (χ0) is 18.9. The van der Waals surface area contributed by atoms with E-state index in [0.717, 1.165) is 10.9 Å². The molecule has 1 aliphatic rings. The Hall–Kier alpha value is -2.29. The first-order valence-corrected chi connectivity index (χ1v) is 11.1. The Labute approximate surface area is 161 Å². The standard InChI is InChI=1S/C19H19N3O3S2/c23-19(21-16-8-1-5-14-6-2-10-20-18(14)16)15-7-3-11-22(13-15)27(24,25)17-9-4-12-26-17/h1-2,4-6,8-10,12,15H,3,7,11,13H2,(H,21,23). The zero-order valence-electron chi connectivity index (χ0n) is 14.5. The number of anilines is 1. The van der Waals surface area contributed by atoms with Crippen molar-refractivity contribution in [1.82, 2.24) is 9.29 Å². The Morgan fingerprint density at radius 3 is 2.85 bits per heavy atom. The number of hydrogen-bond acceptors (Lipinski definition) is 5. The smallest absolute Gasteiger partial charge is 0.252 e. The number of amides is 1. The van der Waals surface area contributed by atoms with E-state index in [4.69, 9.17) is 0 Å². The SMILES string of the molecule is O=C(Nc1cccc2cccnc12)C1CCCN(S(=O)(=O)c2cccs2)C1. The maximum absolute atomic E-state index is 12.8. The van der Waals surface area contributed by atoms with Gasteiger partial charge in [-0.1, -0.05) is 24.3 Å². The monoisotopic (exact) mass is 401 g/mol. The molecule has 3 heterocycles. The van der Waals surface area contributed by atoms with E-state index in [1.807, 2.05) is 30.3 Å². The third kappa shape index (κ3) is 3.60. The van der Waals surface area contributed by atoms with Crippen molar-refractivity contribution in [3.63, 3.8) is 0 Å². The lowest BCUT2D eigenvalue weighted by Crippen LogP contribution is -2.43. The van der Waals surface area contributed by atoms with Gasteiger partial charge in [-0.2, -0.15) is 4.31 Å². The van der Waals surface area contributed by atoms with E-state index in [9.17, 15) is 13.2 Å². The van der Waals surface area contributed by atoms with E-state index >= 15 is 0 Å². The molecular formula is C19H19N3O3S2. The summed E-state index contributed by atoms with van der Waals surface area (Å²) < 4.78 is 27.2. The molecule has 0 bridgehead atoms. The number of para-hydroxylation sites is 1. The topological polar surface area (TPSA) is 79.4 Å². The molecule has 1 aliphatic heterocycles. The van der Waals surface area contributed by atoms with E-state index in [-0.39, 0.29) is 18.4 Å². The number of rotatable bonds is 4. The number of benzene rings is 1. The van der Waals surface area contributed by atoms with E-state index in [1.54, 1.807) is 23.7 Å². The maximum Gasteiger partial charge on any atom is 0.252 e. The predicted molar refractivity (Wildman–Crippen MR) is 106 cm³/mol. The second kappa shape index (κ2) is 7.38. The maximum atomic E-state index is 12.8. The number of thiophene rings is 1. The van der Waals surface area contributed by atoms with Gasteiger partial charge >= 0.3 is 0 Å². The van der Waals surface area contributed by atoms with Gasteiger partial charge in [0.2, 0.25) is 5.91 Å². The number of fused-ring (bicyclic) bond motifs is 1. The van der Waals surface area contributed by atoms with Gasteiger partial charge in [0.05, 0.1) is 17.1 Å². The summed E-state index contributed by atoms with van der Waals surface area (Å²) in [6, 6.07) is 12.7. The molecule has 0 saturated carbocycles. The molecule has 8 heteroatoms. The van der Waals surface area contributed by atoms with E-state index < -0.39 is 10.0 Å². The first kappa shape index (κ1) is 18.1. The van der Waals surface area contributed by atoms with Crippen molar-refractivity contribution < 1.29 is 13.2 Å². The van der Waals surface area contributed by atoms with Crippen LogP contribution in [-0.2, 0) is 14.8 Å². The van der Waals surface area contributed by atoms with E-state index in [1.165, 1.54) is 15.6 Å². The van der Waals surface area contributed by atoms with Crippen LogP contribution in [0.2, 0.25) is 0 Å². The number of sulfonamides is 1. The molecule has 0 aliphatic carbocycles. The lowest BCUT2D eigenvalue weighted by molar-refractivity contribution is -0.120. The summed E-state index contributed by atoms with van der Waals surface area (Å²) in [4.78, 5) is 17.2. The molecule has 140 valence electrons. The van der Waals surface area contributed by atoms with Gasteiger partial charge in [-0.3, -0.25) is 9.78 Å². The van der Waals surface area contributed by atoms with Crippen LogP contribution < -0.4 is 5.32 Å². The largest absolute Gasteiger partial charge is 0.324 e. The molecule has 27 heavy (non-hydrogen) atoms. The number of nitrogens with one attached hydrogen (secondary N) is 1. The minimum atomic E-state index is -3.53. The van der Waals surface area contributed by atoms with Crippen molar-refractivity contribution in [2.45, 2.75) is 17.1 Å². The fourth-order valence-electron chi connectivity index (χ4n) is 3.35. The Morgan fingerprint density at radius 1 is 1.19 bits per heavy atom. The minimum Gasteiger partial charge on any atom is -0.324 e. The van der Waals surface area contributed by atoms with Crippen LogP contribution in [0.3, 0.4) is 0 Å². The second-order valence-corrected chi connectivity index (χ2v) is 9.62. The normalized spacial score (nSPS) is 18.4. The van der Waals surface area contributed by atoms with E-state index in [0.29, 0.717) is 29.3 Å². The third-order valence-electron chi connectivity index (χ3n) is 4.73. The van der Waals surface area contributed by atoms with Crippen LogP contribution >= 0.6 is 11.3 Å². The minimum absolute atomic E-state index is 0.167. The Balaban J connectivity index is 1.52. The van der Waals surface area contributed by atoms with Gasteiger partial charge < -0.3 is 5.32 Å². The van der Waals surface area contributed by atoms with E-state index in [2.05, 4.69) is 10.3 Å². The summed E-state index contributed by atoms with van der Waals surface area (Å²) in [7, 11) is -3.53. The number of carbonyl (C=O) groups excluding carboxylic acids is 1. The van der Waals surface area contributed by atoms with Crippen LogP contribution in [0.1, 0.15) is 12.8 Å².